The molecule has 0 aromatic heterocycles. The number of nitrogens with one attached hydrogen (secondary N) is 1. The van der Waals surface area contributed by atoms with Crippen LogP contribution in [0.5, 0.6) is 5.75 Å². The summed E-state index contributed by atoms with van der Waals surface area (Å²) in [5.74, 6) is 1.98. The molecule has 1 N–H and O–H groups in total. The molecule has 0 bridgehead atoms. The minimum atomic E-state index is 0.453. The van der Waals surface area contributed by atoms with Crippen LogP contribution in [0.1, 0.15) is 56.7 Å². The van der Waals surface area contributed by atoms with Crippen molar-refractivity contribution in [2.45, 2.75) is 52.5 Å². The first-order valence-electron chi connectivity index (χ1n) is 7.71. The fourth-order valence-corrected chi connectivity index (χ4v) is 2.55. The van der Waals surface area contributed by atoms with E-state index in [2.05, 4.69) is 44.3 Å². The maximum atomic E-state index is 5.81. The van der Waals surface area contributed by atoms with E-state index in [-0.39, 0.29) is 0 Å². The van der Waals surface area contributed by atoms with Gasteiger partial charge < -0.3 is 10.1 Å². The Morgan fingerprint density at radius 1 is 1.32 bits per heavy atom. The third-order valence-corrected chi connectivity index (χ3v) is 3.75. The van der Waals surface area contributed by atoms with Crippen molar-refractivity contribution >= 4 is 0 Å². The maximum absolute atomic E-state index is 5.81. The normalized spacial score (nSPS) is 16.4. The second-order valence-corrected chi connectivity index (χ2v) is 5.66. The first kappa shape index (κ1) is 14.4. The van der Waals surface area contributed by atoms with E-state index in [1.807, 2.05) is 0 Å². The molecule has 0 radical (unpaired) electrons. The van der Waals surface area contributed by atoms with Crippen molar-refractivity contribution in [3.63, 3.8) is 0 Å². The summed E-state index contributed by atoms with van der Waals surface area (Å²) in [7, 11) is 0. The Balaban J connectivity index is 2.18. The van der Waals surface area contributed by atoms with Crippen molar-refractivity contribution in [1.29, 1.82) is 0 Å². The maximum Gasteiger partial charge on any atom is 0.124 e. The molecular weight excluding hydrogens is 234 g/mol. The van der Waals surface area contributed by atoms with E-state index >= 15 is 0 Å². The van der Waals surface area contributed by atoms with Gasteiger partial charge in [0.1, 0.15) is 5.75 Å². The van der Waals surface area contributed by atoms with Crippen LogP contribution in [-0.4, -0.2) is 13.2 Å². The van der Waals surface area contributed by atoms with Crippen LogP contribution in [0.4, 0.5) is 0 Å². The van der Waals surface area contributed by atoms with E-state index in [1.54, 1.807) is 0 Å². The number of aryl methyl sites for hydroxylation is 1. The molecule has 1 aromatic carbocycles. The van der Waals surface area contributed by atoms with E-state index in [9.17, 15) is 0 Å². The molecule has 1 saturated carbocycles. The van der Waals surface area contributed by atoms with Gasteiger partial charge in [-0.3, -0.25) is 0 Å². The zero-order valence-corrected chi connectivity index (χ0v) is 12.5. The van der Waals surface area contributed by atoms with Gasteiger partial charge in [-0.1, -0.05) is 37.5 Å². The van der Waals surface area contributed by atoms with Gasteiger partial charge in [0, 0.05) is 11.6 Å². The predicted octanol–water partition coefficient (Wildman–Crippen LogP) is 4.23. The fraction of sp³-hybridized carbons (Fsp3) is 0.647. The summed E-state index contributed by atoms with van der Waals surface area (Å²) in [6.07, 6.45) is 5.24. The molecular formula is C17H27NO. The van der Waals surface area contributed by atoms with Crippen LogP contribution >= 0.6 is 0 Å². The average Bonchev–Trinajstić information content (AvgIpc) is 3.21. The van der Waals surface area contributed by atoms with Crippen molar-refractivity contribution < 1.29 is 4.74 Å². The Kier molecular flexibility index (Phi) is 5.26. The van der Waals surface area contributed by atoms with E-state index < -0.39 is 0 Å². The highest BCUT2D eigenvalue weighted by atomic mass is 16.5. The van der Waals surface area contributed by atoms with Crippen LogP contribution in [0.2, 0.25) is 0 Å². The van der Waals surface area contributed by atoms with Crippen molar-refractivity contribution in [3.8, 4) is 5.75 Å². The van der Waals surface area contributed by atoms with Crippen LogP contribution < -0.4 is 10.1 Å². The van der Waals surface area contributed by atoms with E-state index in [0.29, 0.717) is 6.04 Å². The van der Waals surface area contributed by atoms with Crippen LogP contribution in [0, 0.1) is 12.8 Å². The summed E-state index contributed by atoms with van der Waals surface area (Å²) in [6, 6.07) is 7.01. The molecule has 19 heavy (non-hydrogen) atoms. The molecule has 0 saturated heterocycles. The van der Waals surface area contributed by atoms with E-state index in [0.717, 1.165) is 24.8 Å². The molecule has 106 valence electrons. The largest absolute Gasteiger partial charge is 0.494 e. The number of hydrogen-bond donors (Lipinski definition) is 1. The quantitative estimate of drug-likeness (QED) is 0.756. The smallest absolute Gasteiger partial charge is 0.124 e. The van der Waals surface area contributed by atoms with Crippen molar-refractivity contribution in [3.05, 3.63) is 29.3 Å². The number of rotatable bonds is 8. The van der Waals surface area contributed by atoms with Gasteiger partial charge in [0.15, 0.2) is 0 Å². The summed E-state index contributed by atoms with van der Waals surface area (Å²) in [4.78, 5) is 0. The van der Waals surface area contributed by atoms with Gasteiger partial charge >= 0.3 is 0 Å². The Morgan fingerprint density at radius 3 is 2.74 bits per heavy atom. The second-order valence-electron chi connectivity index (χ2n) is 5.66. The molecule has 0 aliphatic heterocycles. The minimum Gasteiger partial charge on any atom is -0.494 e. The lowest BCUT2D eigenvalue weighted by atomic mass is 9.98. The summed E-state index contributed by atoms with van der Waals surface area (Å²) in [6.45, 7) is 8.25. The molecule has 2 rings (SSSR count). The molecule has 0 heterocycles. The van der Waals surface area contributed by atoms with Gasteiger partial charge in [-0.15, -0.1) is 0 Å². The highest BCUT2D eigenvalue weighted by Gasteiger charge is 2.27. The summed E-state index contributed by atoms with van der Waals surface area (Å²) in [5.41, 5.74) is 2.67. The monoisotopic (exact) mass is 261 g/mol. The Labute approximate surface area is 117 Å². The van der Waals surface area contributed by atoms with Crippen LogP contribution in [0.15, 0.2) is 18.2 Å². The Hall–Kier alpha value is -1.02. The van der Waals surface area contributed by atoms with Gasteiger partial charge in [-0.2, -0.15) is 0 Å². The number of hydrogen-bond acceptors (Lipinski definition) is 2. The highest BCUT2D eigenvalue weighted by Crippen LogP contribution is 2.40. The van der Waals surface area contributed by atoms with E-state index in [4.69, 9.17) is 4.74 Å². The molecule has 1 aromatic rings. The molecule has 0 amide bonds. The van der Waals surface area contributed by atoms with Gasteiger partial charge in [0.05, 0.1) is 6.61 Å². The topological polar surface area (TPSA) is 21.3 Å². The molecule has 1 unspecified atom stereocenters. The SMILES string of the molecule is CCCNC(CC1CC1)c1cc(C)ccc1OCC. The standard InChI is InChI=1S/C17H27NO/c1-4-10-18-16(12-14-7-8-14)15-11-13(3)6-9-17(15)19-5-2/h6,9,11,14,16,18H,4-5,7-8,10,12H2,1-3H3. The molecule has 0 spiro atoms. The third kappa shape index (κ3) is 4.24. The lowest BCUT2D eigenvalue weighted by Crippen LogP contribution is -2.23. The summed E-state index contributed by atoms with van der Waals surface area (Å²) in [5, 5.41) is 3.70. The molecule has 1 aliphatic carbocycles. The van der Waals surface area contributed by atoms with E-state index in [1.165, 1.54) is 36.8 Å². The first-order chi connectivity index (χ1) is 9.24. The van der Waals surface area contributed by atoms with Crippen LogP contribution in [0.25, 0.3) is 0 Å². The second kappa shape index (κ2) is 6.95. The average molecular weight is 261 g/mol. The first-order valence-corrected chi connectivity index (χ1v) is 7.71. The Bertz CT molecular complexity index is 398. The van der Waals surface area contributed by atoms with Gasteiger partial charge in [0.2, 0.25) is 0 Å². The van der Waals surface area contributed by atoms with Crippen molar-refractivity contribution in [2.75, 3.05) is 13.2 Å². The summed E-state index contributed by atoms with van der Waals surface area (Å²) >= 11 is 0. The Morgan fingerprint density at radius 2 is 2.11 bits per heavy atom. The lowest BCUT2D eigenvalue weighted by molar-refractivity contribution is 0.328. The lowest BCUT2D eigenvalue weighted by Gasteiger charge is -2.22. The van der Waals surface area contributed by atoms with Crippen LogP contribution in [0.3, 0.4) is 0 Å². The predicted molar refractivity (Wildman–Crippen MR) is 80.7 cm³/mol. The fourth-order valence-electron chi connectivity index (χ4n) is 2.55. The molecule has 2 nitrogen and oxygen atoms in total. The van der Waals surface area contributed by atoms with Gasteiger partial charge in [-0.05, 0) is 45.2 Å². The summed E-state index contributed by atoms with van der Waals surface area (Å²) < 4.78 is 5.81. The molecule has 1 aliphatic rings. The van der Waals surface area contributed by atoms with Gasteiger partial charge in [0.25, 0.3) is 0 Å². The van der Waals surface area contributed by atoms with Crippen molar-refractivity contribution in [2.24, 2.45) is 5.92 Å². The van der Waals surface area contributed by atoms with Crippen molar-refractivity contribution in [1.82, 2.24) is 5.32 Å². The third-order valence-electron chi connectivity index (χ3n) is 3.75. The molecule has 1 atom stereocenters. The number of benzene rings is 1. The zero-order valence-electron chi connectivity index (χ0n) is 12.5. The molecule has 2 heteroatoms. The highest BCUT2D eigenvalue weighted by molar-refractivity contribution is 5.39. The minimum absolute atomic E-state index is 0.453. The molecule has 1 fully saturated rings. The van der Waals surface area contributed by atoms with Crippen LogP contribution in [-0.2, 0) is 0 Å². The number of ether oxygens (including phenoxy) is 1. The zero-order chi connectivity index (χ0) is 13.7. The van der Waals surface area contributed by atoms with Gasteiger partial charge in [-0.25, -0.2) is 0 Å².